The molecule has 0 N–H and O–H groups in total. The summed E-state index contributed by atoms with van der Waals surface area (Å²) in [7, 11) is 0. The van der Waals surface area contributed by atoms with E-state index in [1.54, 1.807) is 37.3 Å². The number of aryl methyl sites for hydroxylation is 1. The fourth-order valence-corrected chi connectivity index (χ4v) is 2.73. The van der Waals surface area contributed by atoms with Gasteiger partial charge in [-0.1, -0.05) is 24.3 Å². The van der Waals surface area contributed by atoms with E-state index in [-0.39, 0.29) is 18.0 Å². The second-order valence-electron chi connectivity index (χ2n) is 5.59. The van der Waals surface area contributed by atoms with Crippen molar-refractivity contribution < 1.29 is 18.7 Å². The SMILES string of the molecule is Cc1cc(F)ccc1C1CC(=O)C=CN1C(=O)Oc1ccccc1. The number of para-hydroxylation sites is 1. The van der Waals surface area contributed by atoms with Crippen LogP contribution in [0, 0.1) is 12.7 Å². The van der Waals surface area contributed by atoms with Crippen LogP contribution in [0.4, 0.5) is 9.18 Å². The predicted molar refractivity (Wildman–Crippen MR) is 86.9 cm³/mol. The lowest BCUT2D eigenvalue weighted by atomic mass is 9.94. The van der Waals surface area contributed by atoms with E-state index in [9.17, 15) is 14.0 Å². The molecular weight excluding hydrogens is 309 g/mol. The zero-order valence-electron chi connectivity index (χ0n) is 13.1. The van der Waals surface area contributed by atoms with Gasteiger partial charge in [0.1, 0.15) is 11.6 Å². The van der Waals surface area contributed by atoms with Crippen LogP contribution in [0.15, 0.2) is 60.8 Å². The molecule has 1 aliphatic rings. The minimum Gasteiger partial charge on any atom is -0.410 e. The van der Waals surface area contributed by atoms with Crippen molar-refractivity contribution in [3.8, 4) is 5.75 Å². The molecule has 3 rings (SSSR count). The van der Waals surface area contributed by atoms with E-state index in [2.05, 4.69) is 0 Å². The van der Waals surface area contributed by atoms with Gasteiger partial charge in [0.25, 0.3) is 0 Å². The van der Waals surface area contributed by atoms with Gasteiger partial charge in [0.05, 0.1) is 6.04 Å². The number of amides is 1. The van der Waals surface area contributed by atoms with Gasteiger partial charge >= 0.3 is 6.09 Å². The average molecular weight is 325 g/mol. The minimum absolute atomic E-state index is 0.0903. The summed E-state index contributed by atoms with van der Waals surface area (Å²) in [5.41, 5.74) is 1.40. The molecule has 0 saturated carbocycles. The molecule has 0 spiro atoms. The van der Waals surface area contributed by atoms with Crippen LogP contribution in [0.5, 0.6) is 5.75 Å². The van der Waals surface area contributed by atoms with Gasteiger partial charge in [0.2, 0.25) is 0 Å². The molecule has 0 aliphatic carbocycles. The lowest BCUT2D eigenvalue weighted by Gasteiger charge is -2.31. The maximum absolute atomic E-state index is 13.3. The van der Waals surface area contributed by atoms with Crippen LogP contribution in [0.25, 0.3) is 0 Å². The van der Waals surface area contributed by atoms with Crippen molar-refractivity contribution in [1.82, 2.24) is 4.90 Å². The Labute approximate surface area is 139 Å². The smallest absolute Gasteiger partial charge is 0.410 e. The summed E-state index contributed by atoms with van der Waals surface area (Å²) in [6.07, 6.45) is 2.32. The molecular formula is C19H16FNO3. The summed E-state index contributed by atoms with van der Waals surface area (Å²) in [5, 5.41) is 0. The number of ether oxygens (including phenoxy) is 1. The fraction of sp³-hybridized carbons (Fsp3) is 0.158. The van der Waals surface area contributed by atoms with Crippen LogP contribution >= 0.6 is 0 Å². The van der Waals surface area contributed by atoms with E-state index in [0.29, 0.717) is 11.3 Å². The van der Waals surface area contributed by atoms with Gasteiger partial charge in [-0.3, -0.25) is 9.69 Å². The first-order valence-corrected chi connectivity index (χ1v) is 7.57. The number of carbonyl (C=O) groups excluding carboxylic acids is 2. The Balaban J connectivity index is 1.90. The lowest BCUT2D eigenvalue weighted by Crippen LogP contribution is -2.36. The molecule has 5 heteroatoms. The van der Waals surface area contributed by atoms with Crippen molar-refractivity contribution in [1.29, 1.82) is 0 Å². The Kier molecular flexibility index (Phi) is 4.42. The van der Waals surface area contributed by atoms with E-state index in [4.69, 9.17) is 4.74 Å². The van der Waals surface area contributed by atoms with Crippen molar-refractivity contribution in [2.45, 2.75) is 19.4 Å². The first-order valence-electron chi connectivity index (χ1n) is 7.57. The number of rotatable bonds is 2. The van der Waals surface area contributed by atoms with Crippen molar-refractivity contribution in [3.63, 3.8) is 0 Å². The molecule has 0 radical (unpaired) electrons. The van der Waals surface area contributed by atoms with E-state index in [1.807, 2.05) is 6.07 Å². The van der Waals surface area contributed by atoms with E-state index >= 15 is 0 Å². The minimum atomic E-state index is -0.585. The zero-order chi connectivity index (χ0) is 17.1. The maximum atomic E-state index is 13.3. The van der Waals surface area contributed by atoms with Crippen molar-refractivity contribution in [2.75, 3.05) is 0 Å². The van der Waals surface area contributed by atoms with Crippen LogP contribution in [-0.2, 0) is 4.79 Å². The molecule has 1 aliphatic heterocycles. The van der Waals surface area contributed by atoms with Crippen molar-refractivity contribution in [2.24, 2.45) is 0 Å². The van der Waals surface area contributed by atoms with Gasteiger partial charge in [-0.15, -0.1) is 0 Å². The van der Waals surface area contributed by atoms with Crippen molar-refractivity contribution in [3.05, 3.63) is 77.8 Å². The largest absolute Gasteiger partial charge is 0.419 e. The highest BCUT2D eigenvalue weighted by Crippen LogP contribution is 2.31. The van der Waals surface area contributed by atoms with Gasteiger partial charge in [0, 0.05) is 12.6 Å². The third-order valence-electron chi connectivity index (χ3n) is 3.90. The Morgan fingerprint density at radius 1 is 1.21 bits per heavy atom. The monoisotopic (exact) mass is 325 g/mol. The molecule has 4 nitrogen and oxygen atoms in total. The van der Waals surface area contributed by atoms with Crippen LogP contribution in [0.1, 0.15) is 23.6 Å². The molecule has 24 heavy (non-hydrogen) atoms. The lowest BCUT2D eigenvalue weighted by molar-refractivity contribution is -0.116. The quantitative estimate of drug-likeness (QED) is 0.833. The van der Waals surface area contributed by atoms with E-state index in [1.165, 1.54) is 29.3 Å². The summed E-state index contributed by atoms with van der Waals surface area (Å²) < 4.78 is 18.7. The molecule has 2 aromatic carbocycles. The number of hydrogen-bond donors (Lipinski definition) is 0. The predicted octanol–water partition coefficient (Wildman–Crippen LogP) is 4.16. The Bertz CT molecular complexity index is 802. The highest BCUT2D eigenvalue weighted by molar-refractivity contribution is 5.92. The first-order chi connectivity index (χ1) is 11.5. The van der Waals surface area contributed by atoms with Crippen LogP contribution in [0.2, 0.25) is 0 Å². The number of allylic oxidation sites excluding steroid dienone is 1. The second-order valence-corrected chi connectivity index (χ2v) is 5.59. The zero-order valence-corrected chi connectivity index (χ0v) is 13.1. The number of ketones is 1. The van der Waals surface area contributed by atoms with Crippen LogP contribution in [-0.4, -0.2) is 16.8 Å². The molecule has 0 fully saturated rings. The summed E-state index contributed by atoms with van der Waals surface area (Å²) in [6, 6.07) is 12.5. The maximum Gasteiger partial charge on any atom is 0.419 e. The number of carbonyl (C=O) groups is 2. The number of benzene rings is 2. The summed E-state index contributed by atoms with van der Waals surface area (Å²) in [6.45, 7) is 1.75. The van der Waals surface area contributed by atoms with Crippen molar-refractivity contribution >= 4 is 11.9 Å². The third kappa shape index (κ3) is 3.35. The van der Waals surface area contributed by atoms with Gasteiger partial charge < -0.3 is 4.74 Å². The highest BCUT2D eigenvalue weighted by atomic mass is 19.1. The Morgan fingerprint density at radius 2 is 1.96 bits per heavy atom. The van der Waals surface area contributed by atoms with Crippen LogP contribution < -0.4 is 4.74 Å². The molecule has 1 atom stereocenters. The second kappa shape index (κ2) is 6.66. The Morgan fingerprint density at radius 3 is 2.67 bits per heavy atom. The molecule has 1 amide bonds. The van der Waals surface area contributed by atoms with E-state index in [0.717, 1.165) is 5.56 Å². The number of halogens is 1. The summed E-state index contributed by atoms with van der Waals surface area (Å²) in [5.74, 6) is -0.0257. The van der Waals surface area contributed by atoms with Gasteiger partial charge in [-0.25, -0.2) is 9.18 Å². The Hall–Kier alpha value is -2.95. The van der Waals surface area contributed by atoms with Gasteiger partial charge in [0.15, 0.2) is 5.78 Å². The number of nitrogens with zero attached hydrogens (tertiary/aromatic N) is 1. The van der Waals surface area contributed by atoms with Crippen LogP contribution in [0.3, 0.4) is 0 Å². The normalized spacial score (nSPS) is 17.0. The van der Waals surface area contributed by atoms with Gasteiger partial charge in [-0.2, -0.15) is 0 Å². The average Bonchev–Trinajstić information content (AvgIpc) is 2.55. The molecule has 0 bridgehead atoms. The molecule has 0 aromatic heterocycles. The number of hydrogen-bond acceptors (Lipinski definition) is 3. The van der Waals surface area contributed by atoms with E-state index < -0.39 is 12.1 Å². The molecule has 122 valence electrons. The molecule has 0 saturated heterocycles. The van der Waals surface area contributed by atoms with Gasteiger partial charge in [-0.05, 0) is 48.4 Å². The third-order valence-corrected chi connectivity index (χ3v) is 3.90. The molecule has 1 heterocycles. The topological polar surface area (TPSA) is 46.6 Å². The molecule has 2 aromatic rings. The first kappa shape index (κ1) is 15.9. The highest BCUT2D eigenvalue weighted by Gasteiger charge is 2.31. The summed E-state index contributed by atoms with van der Waals surface area (Å²) >= 11 is 0. The summed E-state index contributed by atoms with van der Waals surface area (Å²) in [4.78, 5) is 25.7. The fourth-order valence-electron chi connectivity index (χ4n) is 2.73. The molecule has 1 unspecified atom stereocenters. The standard InChI is InChI=1S/C19H16FNO3/c1-13-11-14(20)7-8-17(13)18-12-15(22)9-10-21(18)19(23)24-16-5-3-2-4-6-16/h2-11,18H,12H2,1H3.